The Labute approximate surface area is 287 Å². The highest BCUT2D eigenvalue weighted by Gasteiger charge is 2.09. The summed E-state index contributed by atoms with van der Waals surface area (Å²) in [5.41, 5.74) is 2.86. The molecule has 4 heteroatoms. The van der Waals surface area contributed by atoms with E-state index < -0.39 is 0 Å². The van der Waals surface area contributed by atoms with Gasteiger partial charge in [0.15, 0.2) is 11.5 Å². The Morgan fingerprint density at radius 2 is 1.02 bits per heavy atom. The third-order valence-corrected chi connectivity index (χ3v) is 8.93. The summed E-state index contributed by atoms with van der Waals surface area (Å²) < 4.78 is 18.6. The first-order chi connectivity index (χ1) is 23.2. The number of nitrogens with zero attached hydrogens (tertiary/aromatic N) is 1. The van der Waals surface area contributed by atoms with Crippen molar-refractivity contribution in [3.8, 4) is 17.2 Å². The standard InChI is InChI=1S/C43H65NO3/c1-4-7-9-11-13-15-17-19-21-25-33-46-41-32-30-37(35-43(41)47-34-26-22-20-18-16-14-12-10-8-5-2)29-31-40-42(45-6-3)36-38-27-23-24-28-39(38)44-40/h23-24,27-32,35-36H,4-22,25-26,33-34H2,1-3H3/b31-29+. The van der Waals surface area contributed by atoms with Gasteiger partial charge in [-0.15, -0.1) is 0 Å². The predicted molar refractivity (Wildman–Crippen MR) is 203 cm³/mol. The number of hydrogen-bond acceptors (Lipinski definition) is 4. The summed E-state index contributed by atoms with van der Waals surface area (Å²) in [7, 11) is 0. The van der Waals surface area contributed by atoms with Crippen LogP contribution in [0, 0.1) is 0 Å². The third-order valence-electron chi connectivity index (χ3n) is 8.93. The molecule has 0 spiro atoms. The number of hydrogen-bond donors (Lipinski definition) is 0. The van der Waals surface area contributed by atoms with Gasteiger partial charge < -0.3 is 14.2 Å². The number of unbranched alkanes of at least 4 members (excludes halogenated alkanes) is 18. The molecule has 0 saturated heterocycles. The van der Waals surface area contributed by atoms with Crippen molar-refractivity contribution in [2.75, 3.05) is 19.8 Å². The Morgan fingerprint density at radius 3 is 1.60 bits per heavy atom. The molecule has 0 radical (unpaired) electrons. The molecule has 4 nitrogen and oxygen atoms in total. The second-order valence-electron chi connectivity index (χ2n) is 13.1. The summed E-state index contributed by atoms with van der Waals surface area (Å²) in [5.74, 6) is 2.49. The van der Waals surface area contributed by atoms with Crippen LogP contribution in [0.1, 0.15) is 160 Å². The van der Waals surface area contributed by atoms with E-state index in [-0.39, 0.29) is 0 Å². The third kappa shape index (κ3) is 16.1. The van der Waals surface area contributed by atoms with E-state index in [1.165, 1.54) is 116 Å². The average Bonchev–Trinajstić information content (AvgIpc) is 3.09. The predicted octanol–water partition coefficient (Wildman–Crippen LogP) is 13.4. The Kier molecular flexibility index (Phi) is 20.5. The van der Waals surface area contributed by atoms with Crippen LogP contribution in [0.25, 0.3) is 23.1 Å². The molecule has 0 bridgehead atoms. The van der Waals surface area contributed by atoms with Crippen LogP contribution in [0.2, 0.25) is 0 Å². The van der Waals surface area contributed by atoms with Crippen LogP contribution in [-0.2, 0) is 0 Å². The number of fused-ring (bicyclic) bond motifs is 1. The molecular formula is C43H65NO3. The zero-order valence-electron chi connectivity index (χ0n) is 30.2. The Balaban J connectivity index is 1.54. The molecule has 2 aromatic carbocycles. The molecule has 0 saturated carbocycles. The molecule has 3 rings (SSSR count). The molecule has 0 unspecified atom stereocenters. The molecule has 1 heterocycles. The first kappa shape index (κ1) is 38.4. The number of para-hydroxylation sites is 1. The minimum Gasteiger partial charge on any atom is -0.492 e. The van der Waals surface area contributed by atoms with Gasteiger partial charge in [-0.25, -0.2) is 4.98 Å². The number of benzene rings is 2. The fourth-order valence-electron chi connectivity index (χ4n) is 6.08. The highest BCUT2D eigenvalue weighted by molar-refractivity contribution is 5.83. The van der Waals surface area contributed by atoms with Gasteiger partial charge in [0.1, 0.15) is 11.4 Å². The second-order valence-corrected chi connectivity index (χ2v) is 13.1. The largest absolute Gasteiger partial charge is 0.492 e. The Hall–Kier alpha value is -3.01. The van der Waals surface area contributed by atoms with E-state index in [2.05, 4.69) is 50.3 Å². The summed E-state index contributed by atoms with van der Waals surface area (Å²) in [6.07, 6.45) is 30.6. The maximum absolute atomic E-state index is 6.37. The minimum absolute atomic E-state index is 0.600. The smallest absolute Gasteiger partial charge is 0.161 e. The Morgan fingerprint density at radius 1 is 0.489 bits per heavy atom. The minimum atomic E-state index is 0.600. The van der Waals surface area contributed by atoms with Gasteiger partial charge in [0.25, 0.3) is 0 Å². The molecule has 0 aliphatic heterocycles. The van der Waals surface area contributed by atoms with E-state index in [4.69, 9.17) is 19.2 Å². The first-order valence-electron chi connectivity index (χ1n) is 19.4. The van der Waals surface area contributed by atoms with Crippen molar-refractivity contribution in [1.29, 1.82) is 0 Å². The lowest BCUT2D eigenvalue weighted by atomic mass is 10.1. The van der Waals surface area contributed by atoms with Crippen molar-refractivity contribution in [2.45, 2.75) is 149 Å². The lowest BCUT2D eigenvalue weighted by Gasteiger charge is -2.14. The van der Waals surface area contributed by atoms with E-state index >= 15 is 0 Å². The SMILES string of the molecule is CCCCCCCCCCCCOc1ccc(/C=C/c2nc3ccccc3cc2OCC)cc1OCCCCCCCCCCCC. The molecular weight excluding hydrogens is 578 g/mol. The summed E-state index contributed by atoms with van der Waals surface area (Å²) >= 11 is 0. The van der Waals surface area contributed by atoms with Crippen LogP contribution in [0.4, 0.5) is 0 Å². The molecule has 0 atom stereocenters. The molecule has 3 aromatic rings. The molecule has 0 aliphatic carbocycles. The number of pyridine rings is 1. The zero-order valence-corrected chi connectivity index (χ0v) is 30.2. The summed E-state index contributed by atoms with van der Waals surface area (Å²) in [5, 5.41) is 1.08. The fraction of sp³-hybridized carbons (Fsp3) is 0.605. The van der Waals surface area contributed by atoms with Gasteiger partial charge in [0.2, 0.25) is 0 Å². The van der Waals surface area contributed by atoms with E-state index in [1.807, 2.05) is 31.2 Å². The molecule has 0 aliphatic rings. The van der Waals surface area contributed by atoms with Crippen LogP contribution in [0.5, 0.6) is 17.2 Å². The van der Waals surface area contributed by atoms with Crippen LogP contribution in [-0.4, -0.2) is 24.8 Å². The van der Waals surface area contributed by atoms with Gasteiger partial charge in [-0.05, 0) is 55.7 Å². The first-order valence-corrected chi connectivity index (χ1v) is 19.4. The van der Waals surface area contributed by atoms with E-state index in [0.717, 1.165) is 65.5 Å². The van der Waals surface area contributed by atoms with Crippen molar-refractivity contribution in [2.24, 2.45) is 0 Å². The Bertz CT molecular complexity index is 1250. The summed E-state index contributed by atoms with van der Waals surface area (Å²) in [6.45, 7) is 8.63. The second kappa shape index (κ2) is 25.1. The van der Waals surface area contributed by atoms with Gasteiger partial charge in [0, 0.05) is 5.39 Å². The molecule has 47 heavy (non-hydrogen) atoms. The number of ether oxygens (including phenoxy) is 3. The maximum Gasteiger partial charge on any atom is 0.161 e. The summed E-state index contributed by atoms with van der Waals surface area (Å²) in [4.78, 5) is 4.88. The zero-order chi connectivity index (χ0) is 33.2. The van der Waals surface area contributed by atoms with Gasteiger partial charge in [-0.3, -0.25) is 0 Å². The van der Waals surface area contributed by atoms with Gasteiger partial charge >= 0.3 is 0 Å². The van der Waals surface area contributed by atoms with E-state index in [1.54, 1.807) is 0 Å². The molecule has 0 fully saturated rings. The topological polar surface area (TPSA) is 40.6 Å². The van der Waals surface area contributed by atoms with E-state index in [0.29, 0.717) is 6.61 Å². The van der Waals surface area contributed by atoms with Crippen LogP contribution < -0.4 is 14.2 Å². The van der Waals surface area contributed by atoms with Crippen molar-refractivity contribution in [3.05, 3.63) is 59.8 Å². The van der Waals surface area contributed by atoms with Crippen molar-refractivity contribution in [1.82, 2.24) is 4.98 Å². The maximum atomic E-state index is 6.37. The monoisotopic (exact) mass is 643 g/mol. The van der Waals surface area contributed by atoms with Crippen molar-refractivity contribution in [3.63, 3.8) is 0 Å². The van der Waals surface area contributed by atoms with Crippen LogP contribution in [0.15, 0.2) is 48.5 Å². The molecule has 0 amide bonds. The summed E-state index contributed by atoms with van der Waals surface area (Å²) in [6, 6.07) is 16.6. The fourth-order valence-corrected chi connectivity index (χ4v) is 6.08. The van der Waals surface area contributed by atoms with Crippen molar-refractivity contribution < 1.29 is 14.2 Å². The molecule has 1 aromatic heterocycles. The van der Waals surface area contributed by atoms with Gasteiger partial charge in [-0.1, -0.05) is 160 Å². The number of rotatable bonds is 28. The van der Waals surface area contributed by atoms with Crippen LogP contribution in [0.3, 0.4) is 0 Å². The number of aromatic nitrogens is 1. The molecule has 260 valence electrons. The van der Waals surface area contributed by atoms with Gasteiger partial charge in [0.05, 0.1) is 25.3 Å². The quantitative estimate of drug-likeness (QED) is 0.0738. The lowest BCUT2D eigenvalue weighted by molar-refractivity contribution is 0.258. The lowest BCUT2D eigenvalue weighted by Crippen LogP contribution is -2.03. The molecule has 0 N–H and O–H groups in total. The average molecular weight is 644 g/mol. The highest BCUT2D eigenvalue weighted by atomic mass is 16.5. The van der Waals surface area contributed by atoms with Crippen molar-refractivity contribution >= 4 is 23.1 Å². The van der Waals surface area contributed by atoms with Crippen LogP contribution >= 0.6 is 0 Å². The highest BCUT2D eigenvalue weighted by Crippen LogP contribution is 2.31. The normalized spacial score (nSPS) is 11.5. The van der Waals surface area contributed by atoms with Gasteiger partial charge in [-0.2, -0.15) is 0 Å². The van der Waals surface area contributed by atoms with E-state index in [9.17, 15) is 0 Å².